The van der Waals surface area contributed by atoms with Crippen molar-refractivity contribution < 1.29 is 0 Å². The van der Waals surface area contributed by atoms with Crippen LogP contribution >= 0.6 is 0 Å². The molecule has 0 amide bonds. The molecular formula is C31H47N. The van der Waals surface area contributed by atoms with Gasteiger partial charge in [-0.15, -0.1) is 0 Å². The molecule has 1 nitrogen and oxygen atoms in total. The van der Waals surface area contributed by atoms with Crippen molar-refractivity contribution >= 4 is 5.71 Å². The fourth-order valence-electron chi connectivity index (χ4n) is 2.88. The Bertz CT molecular complexity index is 837. The maximum absolute atomic E-state index is 4.72. The van der Waals surface area contributed by atoms with Crippen LogP contribution in [0.2, 0.25) is 0 Å². The number of aliphatic imine (C=N–C) groups is 1. The highest BCUT2D eigenvalue weighted by Gasteiger charge is 2.06. The van der Waals surface area contributed by atoms with Crippen LogP contribution in [0.1, 0.15) is 85.8 Å². The van der Waals surface area contributed by atoms with E-state index in [9.17, 15) is 0 Å². The zero-order valence-corrected chi connectivity index (χ0v) is 22.5. The fourth-order valence-corrected chi connectivity index (χ4v) is 2.88. The van der Waals surface area contributed by atoms with Gasteiger partial charge in [0.2, 0.25) is 0 Å². The quantitative estimate of drug-likeness (QED) is 0.285. The lowest BCUT2D eigenvalue weighted by atomic mass is 9.98. The molecule has 0 unspecified atom stereocenters. The van der Waals surface area contributed by atoms with Crippen molar-refractivity contribution in [2.24, 2.45) is 4.99 Å². The average Bonchev–Trinajstić information content (AvgIpc) is 2.76. The van der Waals surface area contributed by atoms with Crippen LogP contribution in [0.25, 0.3) is 0 Å². The fraction of sp³-hybridized carbons (Fsp3) is 0.387. The van der Waals surface area contributed by atoms with Crippen molar-refractivity contribution in [3.8, 4) is 0 Å². The molecule has 0 atom stereocenters. The highest BCUT2D eigenvalue weighted by molar-refractivity contribution is 6.01. The number of hydrogen-bond donors (Lipinski definition) is 0. The summed E-state index contributed by atoms with van der Waals surface area (Å²) in [7, 11) is 0. The molecule has 1 aromatic rings. The molecule has 0 saturated carbocycles. The average molecular weight is 434 g/mol. The van der Waals surface area contributed by atoms with E-state index in [0.717, 1.165) is 40.1 Å². The van der Waals surface area contributed by atoms with Crippen LogP contribution in [0.3, 0.4) is 0 Å². The van der Waals surface area contributed by atoms with E-state index in [1.165, 1.54) is 11.1 Å². The minimum absolute atomic E-state index is 0.653. The molecule has 32 heavy (non-hydrogen) atoms. The number of allylic oxidation sites excluding steroid dienone is 9. The second kappa shape index (κ2) is 18.0. The van der Waals surface area contributed by atoms with Gasteiger partial charge in [-0.3, -0.25) is 4.99 Å². The summed E-state index contributed by atoms with van der Waals surface area (Å²) in [6, 6.07) is 8.71. The molecule has 1 heteroatoms. The molecule has 1 rings (SSSR count). The topological polar surface area (TPSA) is 12.4 Å². The first-order valence-electron chi connectivity index (χ1n) is 11.7. The van der Waals surface area contributed by atoms with Gasteiger partial charge in [-0.05, 0) is 69.2 Å². The van der Waals surface area contributed by atoms with E-state index in [1.54, 1.807) is 6.08 Å². The maximum atomic E-state index is 4.72. The molecule has 176 valence electrons. The standard InChI is InChI=1S/C19H27N.C10H14.C2H6/c1-9-12-18(13-10-2)16(7)20-17(8)19(11-3)15(6)14(4)5;1-8(2)10-6-4-9(3)5-7-10;1-2/h9-10,12-13H,1,4,6,11H2,2-3,5,7-8H3;4-8H,1-3H3;1-2H3/b13-10-,18-12+,19-17-,20-16+;;. The monoisotopic (exact) mass is 433 g/mol. The minimum Gasteiger partial charge on any atom is -0.258 e. The first kappa shape index (κ1) is 31.5. The summed E-state index contributed by atoms with van der Waals surface area (Å²) in [6.45, 7) is 32.5. The molecule has 0 fully saturated rings. The molecule has 0 spiro atoms. The molecule has 0 N–H and O–H groups in total. The Hall–Kier alpha value is -2.67. The largest absolute Gasteiger partial charge is 0.258 e. The maximum Gasteiger partial charge on any atom is 0.0448 e. The highest BCUT2D eigenvalue weighted by Crippen LogP contribution is 2.23. The predicted octanol–water partition coefficient (Wildman–Crippen LogP) is 10.1. The third kappa shape index (κ3) is 12.2. The molecule has 0 radical (unpaired) electrons. The Morgan fingerprint density at radius 1 is 1.03 bits per heavy atom. The highest BCUT2D eigenvalue weighted by atomic mass is 14.8. The Balaban J connectivity index is 0. The van der Waals surface area contributed by atoms with Crippen LogP contribution in [0.4, 0.5) is 0 Å². The third-order valence-corrected chi connectivity index (χ3v) is 4.81. The van der Waals surface area contributed by atoms with Crippen molar-refractivity contribution in [2.75, 3.05) is 0 Å². The lowest BCUT2D eigenvalue weighted by Crippen LogP contribution is -1.98. The van der Waals surface area contributed by atoms with Crippen LogP contribution < -0.4 is 0 Å². The lowest BCUT2D eigenvalue weighted by Gasteiger charge is -2.12. The minimum atomic E-state index is 0.653. The summed E-state index contributed by atoms with van der Waals surface area (Å²) in [4.78, 5) is 4.72. The summed E-state index contributed by atoms with van der Waals surface area (Å²) >= 11 is 0. The van der Waals surface area contributed by atoms with Gasteiger partial charge in [0.25, 0.3) is 0 Å². The molecular weight excluding hydrogens is 386 g/mol. The summed E-state index contributed by atoms with van der Waals surface area (Å²) in [6.07, 6.45) is 8.68. The third-order valence-electron chi connectivity index (χ3n) is 4.81. The van der Waals surface area contributed by atoms with E-state index < -0.39 is 0 Å². The SMILES string of the molecule is C=C/C=C(\C=C/C)C(/C)=N/C(C)=C(/CC)C(=C)C(=C)C.CC.Cc1ccc(C(C)C)cc1. The summed E-state index contributed by atoms with van der Waals surface area (Å²) < 4.78 is 0. The van der Waals surface area contributed by atoms with Crippen LogP contribution in [-0.4, -0.2) is 5.71 Å². The van der Waals surface area contributed by atoms with E-state index in [0.29, 0.717) is 5.92 Å². The van der Waals surface area contributed by atoms with Gasteiger partial charge in [-0.1, -0.05) is 114 Å². The molecule has 0 saturated heterocycles. The van der Waals surface area contributed by atoms with Crippen molar-refractivity contribution in [3.05, 3.63) is 107 Å². The van der Waals surface area contributed by atoms with Crippen LogP contribution in [0, 0.1) is 6.92 Å². The lowest BCUT2D eigenvalue weighted by molar-refractivity contribution is 0.866. The summed E-state index contributed by atoms with van der Waals surface area (Å²) in [5.74, 6) is 0.653. The molecule has 0 heterocycles. The van der Waals surface area contributed by atoms with Crippen LogP contribution in [0.5, 0.6) is 0 Å². The van der Waals surface area contributed by atoms with Gasteiger partial charge >= 0.3 is 0 Å². The zero-order valence-electron chi connectivity index (χ0n) is 22.5. The second-order valence-electron chi connectivity index (χ2n) is 7.80. The van der Waals surface area contributed by atoms with Crippen molar-refractivity contribution in [3.63, 3.8) is 0 Å². The van der Waals surface area contributed by atoms with Gasteiger partial charge in [-0.2, -0.15) is 0 Å². The number of rotatable bonds is 8. The Labute approximate surface area is 199 Å². The van der Waals surface area contributed by atoms with E-state index in [1.807, 2.05) is 59.8 Å². The molecule has 0 bridgehead atoms. The van der Waals surface area contributed by atoms with E-state index >= 15 is 0 Å². The van der Waals surface area contributed by atoms with Crippen LogP contribution in [-0.2, 0) is 0 Å². The molecule has 0 aliphatic heterocycles. The Morgan fingerprint density at radius 3 is 1.94 bits per heavy atom. The van der Waals surface area contributed by atoms with Crippen molar-refractivity contribution in [1.82, 2.24) is 0 Å². The Morgan fingerprint density at radius 2 is 1.56 bits per heavy atom. The normalized spacial score (nSPS) is 12.3. The van der Waals surface area contributed by atoms with Gasteiger partial charge in [0.15, 0.2) is 0 Å². The number of nitrogens with zero attached hydrogens (tertiary/aromatic N) is 1. The molecule has 0 aromatic heterocycles. The number of aryl methyl sites for hydroxylation is 1. The van der Waals surface area contributed by atoms with Gasteiger partial charge < -0.3 is 0 Å². The summed E-state index contributed by atoms with van der Waals surface area (Å²) in [5, 5.41) is 0. The van der Waals surface area contributed by atoms with Gasteiger partial charge in [0.05, 0.1) is 0 Å². The van der Waals surface area contributed by atoms with E-state index in [-0.39, 0.29) is 0 Å². The molecule has 0 aliphatic carbocycles. The number of hydrogen-bond acceptors (Lipinski definition) is 1. The van der Waals surface area contributed by atoms with Crippen LogP contribution in [0.15, 0.2) is 101 Å². The van der Waals surface area contributed by atoms with Gasteiger partial charge in [0, 0.05) is 11.4 Å². The first-order valence-corrected chi connectivity index (χ1v) is 11.7. The molecule has 0 aliphatic rings. The van der Waals surface area contributed by atoms with Gasteiger partial charge in [-0.25, -0.2) is 0 Å². The first-order chi connectivity index (χ1) is 15.1. The smallest absolute Gasteiger partial charge is 0.0448 e. The summed E-state index contributed by atoms with van der Waals surface area (Å²) in [5.41, 5.74) is 8.94. The predicted molar refractivity (Wildman–Crippen MR) is 150 cm³/mol. The van der Waals surface area contributed by atoms with E-state index in [4.69, 9.17) is 4.99 Å². The second-order valence-corrected chi connectivity index (χ2v) is 7.80. The Kier molecular flexibility index (Phi) is 17.7. The van der Waals surface area contributed by atoms with Gasteiger partial charge in [0.1, 0.15) is 0 Å². The zero-order chi connectivity index (χ0) is 25.3. The number of benzene rings is 1. The van der Waals surface area contributed by atoms with Crippen molar-refractivity contribution in [1.29, 1.82) is 0 Å². The van der Waals surface area contributed by atoms with E-state index in [2.05, 4.69) is 71.7 Å². The molecule has 1 aromatic carbocycles. The van der Waals surface area contributed by atoms with Crippen molar-refractivity contribution in [2.45, 2.75) is 81.6 Å².